The Kier molecular flexibility index (Phi) is 7.55. The van der Waals surface area contributed by atoms with Crippen molar-refractivity contribution >= 4 is 11.6 Å². The van der Waals surface area contributed by atoms with Crippen LogP contribution in [0.3, 0.4) is 0 Å². The van der Waals surface area contributed by atoms with E-state index in [1.165, 1.54) is 16.8 Å². The maximum Gasteiger partial charge on any atom is 0.191 e. The summed E-state index contributed by atoms with van der Waals surface area (Å²) < 4.78 is 11.2. The molecule has 0 unspecified atom stereocenters. The first-order valence-electron chi connectivity index (χ1n) is 9.81. The Morgan fingerprint density at radius 2 is 1.82 bits per heavy atom. The predicted octanol–water partition coefficient (Wildman–Crippen LogP) is 2.58. The van der Waals surface area contributed by atoms with Gasteiger partial charge in [-0.2, -0.15) is 0 Å². The van der Waals surface area contributed by atoms with Crippen LogP contribution in [0.5, 0.6) is 5.75 Å². The number of aliphatic imine (C=N–C) groups is 1. The van der Waals surface area contributed by atoms with Crippen molar-refractivity contribution in [2.45, 2.75) is 13.5 Å². The van der Waals surface area contributed by atoms with Gasteiger partial charge in [-0.3, -0.25) is 4.99 Å². The van der Waals surface area contributed by atoms with Crippen molar-refractivity contribution in [2.75, 3.05) is 51.4 Å². The van der Waals surface area contributed by atoms with Crippen molar-refractivity contribution in [2.24, 2.45) is 4.99 Å². The van der Waals surface area contributed by atoms with E-state index in [-0.39, 0.29) is 0 Å². The van der Waals surface area contributed by atoms with Crippen LogP contribution in [0, 0.1) is 6.92 Å². The minimum Gasteiger partial charge on any atom is -0.492 e. The number of para-hydroxylation sites is 1. The van der Waals surface area contributed by atoms with E-state index < -0.39 is 0 Å². The highest BCUT2D eigenvalue weighted by Crippen LogP contribution is 2.21. The normalized spacial score (nSPS) is 14.6. The van der Waals surface area contributed by atoms with E-state index in [0.29, 0.717) is 19.7 Å². The number of guanidine groups is 1. The summed E-state index contributed by atoms with van der Waals surface area (Å²) in [6, 6.07) is 16.6. The zero-order valence-electron chi connectivity index (χ0n) is 16.8. The van der Waals surface area contributed by atoms with Gasteiger partial charge >= 0.3 is 0 Å². The fourth-order valence-electron chi connectivity index (χ4n) is 3.15. The summed E-state index contributed by atoms with van der Waals surface area (Å²) in [6.45, 7) is 7.47. The standard InChI is InChI=1S/C22H30N4O2/c1-18-7-9-20(10-8-18)28-14-11-24-22(23-2)25-17-19-5-3-4-6-21(19)26-12-15-27-16-13-26/h3-10H,11-17H2,1-2H3,(H2,23,24,25). The van der Waals surface area contributed by atoms with Gasteiger partial charge in [0.05, 0.1) is 19.8 Å². The Hall–Kier alpha value is -2.73. The number of ether oxygens (including phenoxy) is 2. The number of morpholine rings is 1. The van der Waals surface area contributed by atoms with Gasteiger partial charge in [0, 0.05) is 32.4 Å². The van der Waals surface area contributed by atoms with Crippen LogP contribution in [0.25, 0.3) is 0 Å². The third-order valence-electron chi connectivity index (χ3n) is 4.70. The summed E-state index contributed by atoms with van der Waals surface area (Å²) in [5, 5.41) is 6.70. The first kappa shape index (κ1) is 20.0. The molecular formula is C22H30N4O2. The SMILES string of the molecule is CN=C(NCCOc1ccc(C)cc1)NCc1ccccc1N1CCOCC1. The lowest BCUT2D eigenvalue weighted by Gasteiger charge is -2.30. The number of benzene rings is 2. The van der Waals surface area contributed by atoms with Gasteiger partial charge in [0.2, 0.25) is 0 Å². The lowest BCUT2D eigenvalue weighted by molar-refractivity contribution is 0.122. The van der Waals surface area contributed by atoms with Crippen LogP contribution in [0.2, 0.25) is 0 Å². The molecule has 150 valence electrons. The second-order valence-corrected chi connectivity index (χ2v) is 6.74. The number of nitrogens with one attached hydrogen (secondary N) is 2. The van der Waals surface area contributed by atoms with Crippen molar-refractivity contribution in [3.63, 3.8) is 0 Å². The predicted molar refractivity (Wildman–Crippen MR) is 114 cm³/mol. The summed E-state index contributed by atoms with van der Waals surface area (Å²) in [7, 11) is 1.78. The van der Waals surface area contributed by atoms with Gasteiger partial charge in [-0.05, 0) is 30.7 Å². The van der Waals surface area contributed by atoms with Gasteiger partial charge in [-0.15, -0.1) is 0 Å². The molecule has 1 heterocycles. The first-order chi connectivity index (χ1) is 13.8. The molecule has 0 saturated carbocycles. The quantitative estimate of drug-likeness (QED) is 0.438. The molecule has 2 aromatic rings. The average Bonchev–Trinajstić information content (AvgIpc) is 2.75. The smallest absolute Gasteiger partial charge is 0.191 e. The van der Waals surface area contributed by atoms with E-state index in [2.05, 4.69) is 63.8 Å². The fraction of sp³-hybridized carbons (Fsp3) is 0.409. The van der Waals surface area contributed by atoms with Crippen molar-refractivity contribution in [1.82, 2.24) is 10.6 Å². The van der Waals surface area contributed by atoms with Gasteiger partial charge in [-0.1, -0.05) is 35.9 Å². The zero-order valence-corrected chi connectivity index (χ0v) is 16.8. The van der Waals surface area contributed by atoms with Crippen LogP contribution < -0.4 is 20.3 Å². The Morgan fingerprint density at radius 3 is 2.57 bits per heavy atom. The second-order valence-electron chi connectivity index (χ2n) is 6.74. The second kappa shape index (κ2) is 10.6. The molecule has 1 saturated heterocycles. The molecule has 0 amide bonds. The molecule has 2 aromatic carbocycles. The number of nitrogens with zero attached hydrogens (tertiary/aromatic N) is 2. The minimum absolute atomic E-state index is 0.578. The van der Waals surface area contributed by atoms with Crippen LogP contribution in [0.4, 0.5) is 5.69 Å². The molecule has 1 aliphatic heterocycles. The molecule has 0 bridgehead atoms. The maximum atomic E-state index is 5.75. The van der Waals surface area contributed by atoms with E-state index >= 15 is 0 Å². The number of hydrogen-bond acceptors (Lipinski definition) is 4. The van der Waals surface area contributed by atoms with Crippen LogP contribution in [-0.2, 0) is 11.3 Å². The molecule has 0 aliphatic carbocycles. The van der Waals surface area contributed by atoms with Gasteiger partial charge in [-0.25, -0.2) is 0 Å². The Labute approximate surface area is 167 Å². The Morgan fingerprint density at radius 1 is 1.07 bits per heavy atom. The summed E-state index contributed by atoms with van der Waals surface area (Å²) in [5.74, 6) is 1.65. The summed E-state index contributed by atoms with van der Waals surface area (Å²) >= 11 is 0. The van der Waals surface area contributed by atoms with Crippen molar-refractivity contribution in [3.8, 4) is 5.75 Å². The molecule has 6 nitrogen and oxygen atoms in total. The summed E-state index contributed by atoms with van der Waals surface area (Å²) in [5.41, 5.74) is 3.74. The molecular weight excluding hydrogens is 352 g/mol. The van der Waals surface area contributed by atoms with Crippen LogP contribution >= 0.6 is 0 Å². The zero-order chi connectivity index (χ0) is 19.6. The van der Waals surface area contributed by atoms with E-state index in [1.807, 2.05) is 12.1 Å². The third kappa shape index (κ3) is 5.89. The topological polar surface area (TPSA) is 58.1 Å². The van der Waals surface area contributed by atoms with Crippen molar-refractivity contribution < 1.29 is 9.47 Å². The monoisotopic (exact) mass is 382 g/mol. The Balaban J connectivity index is 1.46. The van der Waals surface area contributed by atoms with Crippen LogP contribution in [0.1, 0.15) is 11.1 Å². The largest absolute Gasteiger partial charge is 0.492 e. The van der Waals surface area contributed by atoms with Crippen molar-refractivity contribution in [3.05, 3.63) is 59.7 Å². The van der Waals surface area contributed by atoms with Gasteiger partial charge in [0.25, 0.3) is 0 Å². The van der Waals surface area contributed by atoms with E-state index in [0.717, 1.165) is 38.0 Å². The minimum atomic E-state index is 0.578. The van der Waals surface area contributed by atoms with E-state index in [9.17, 15) is 0 Å². The highest BCUT2D eigenvalue weighted by molar-refractivity contribution is 5.79. The molecule has 0 radical (unpaired) electrons. The fourth-order valence-corrected chi connectivity index (χ4v) is 3.15. The molecule has 2 N–H and O–H groups in total. The number of rotatable bonds is 7. The third-order valence-corrected chi connectivity index (χ3v) is 4.70. The summed E-state index contributed by atoms with van der Waals surface area (Å²) in [6.07, 6.45) is 0. The first-order valence-corrected chi connectivity index (χ1v) is 9.81. The molecule has 1 fully saturated rings. The molecule has 0 spiro atoms. The molecule has 0 aromatic heterocycles. The molecule has 6 heteroatoms. The molecule has 3 rings (SSSR count). The van der Waals surface area contributed by atoms with Gasteiger partial charge in [0.15, 0.2) is 5.96 Å². The maximum absolute atomic E-state index is 5.75. The lowest BCUT2D eigenvalue weighted by atomic mass is 10.1. The molecule has 28 heavy (non-hydrogen) atoms. The highest BCUT2D eigenvalue weighted by atomic mass is 16.5. The number of hydrogen-bond donors (Lipinski definition) is 2. The van der Waals surface area contributed by atoms with E-state index in [4.69, 9.17) is 9.47 Å². The Bertz CT molecular complexity index is 755. The summed E-state index contributed by atoms with van der Waals surface area (Å²) in [4.78, 5) is 6.69. The lowest BCUT2D eigenvalue weighted by Crippen LogP contribution is -2.40. The van der Waals surface area contributed by atoms with E-state index in [1.54, 1.807) is 7.05 Å². The van der Waals surface area contributed by atoms with Gasteiger partial charge in [0.1, 0.15) is 12.4 Å². The van der Waals surface area contributed by atoms with Crippen LogP contribution in [0.15, 0.2) is 53.5 Å². The average molecular weight is 383 g/mol. The molecule has 1 aliphatic rings. The molecule has 0 atom stereocenters. The number of anilines is 1. The highest BCUT2D eigenvalue weighted by Gasteiger charge is 2.14. The van der Waals surface area contributed by atoms with Gasteiger partial charge < -0.3 is 25.0 Å². The van der Waals surface area contributed by atoms with Crippen molar-refractivity contribution in [1.29, 1.82) is 0 Å². The number of aryl methyl sites for hydroxylation is 1. The van der Waals surface area contributed by atoms with Crippen LogP contribution in [-0.4, -0.2) is 52.5 Å².